The lowest BCUT2D eigenvalue weighted by Gasteiger charge is -2.39. The predicted octanol–water partition coefficient (Wildman–Crippen LogP) is 3.34. The first-order valence-corrected chi connectivity index (χ1v) is 11.0. The Morgan fingerprint density at radius 3 is 2.54 bits per heavy atom. The van der Waals surface area contributed by atoms with Gasteiger partial charge >= 0.3 is 0 Å². The summed E-state index contributed by atoms with van der Waals surface area (Å²) in [6.07, 6.45) is 6.10. The van der Waals surface area contributed by atoms with Crippen molar-refractivity contribution >= 4 is 27.1 Å². The first kappa shape index (κ1) is 16.7. The van der Waals surface area contributed by atoms with Crippen LogP contribution in [0, 0.1) is 0 Å². The largest absolute Gasteiger partial charge is 0.369 e. The van der Waals surface area contributed by atoms with Crippen LogP contribution in [0.1, 0.15) is 38.5 Å². The molecular weight excluding hydrogens is 344 g/mol. The lowest BCUT2D eigenvalue weighted by atomic mass is 10.1. The lowest BCUT2D eigenvalue weighted by Crippen LogP contribution is -2.50. The second-order valence-electron chi connectivity index (χ2n) is 7.34. The fourth-order valence-electron chi connectivity index (χ4n) is 4.52. The fourth-order valence-corrected chi connectivity index (χ4v) is 6.92. The van der Waals surface area contributed by atoms with Gasteiger partial charge in [-0.1, -0.05) is 24.4 Å². The molecule has 1 saturated carbocycles. The zero-order valence-corrected chi connectivity index (χ0v) is 15.5. The molecule has 4 rings (SSSR count). The lowest BCUT2D eigenvalue weighted by molar-refractivity contribution is 0.231. The van der Waals surface area contributed by atoms with Crippen molar-refractivity contribution in [2.24, 2.45) is 0 Å². The van der Waals surface area contributed by atoms with Crippen molar-refractivity contribution in [2.45, 2.75) is 54.7 Å². The van der Waals surface area contributed by atoms with Gasteiger partial charge in [-0.15, -0.1) is 0 Å². The average Bonchev–Trinajstić information content (AvgIpc) is 3.25. The van der Waals surface area contributed by atoms with Gasteiger partial charge in [-0.2, -0.15) is 0 Å². The molecule has 0 bridgehead atoms. The van der Waals surface area contributed by atoms with E-state index in [0.29, 0.717) is 16.0 Å². The van der Waals surface area contributed by atoms with Crippen LogP contribution in [0.15, 0.2) is 23.1 Å². The minimum absolute atomic E-state index is 0.247. The number of nitrogens with zero attached hydrogens (tertiary/aromatic N) is 2. The molecule has 0 amide bonds. The van der Waals surface area contributed by atoms with Crippen LogP contribution in [0.5, 0.6) is 0 Å². The number of fused-ring (bicyclic) bond motifs is 1. The van der Waals surface area contributed by atoms with Crippen LogP contribution in [-0.4, -0.2) is 50.8 Å². The Kier molecular flexibility index (Phi) is 4.52. The molecule has 1 atom stereocenters. The van der Waals surface area contributed by atoms with Crippen LogP contribution in [0.2, 0.25) is 5.02 Å². The molecule has 132 valence electrons. The highest BCUT2D eigenvalue weighted by Gasteiger charge is 2.33. The number of piperazine rings is 1. The quantitative estimate of drug-likeness (QED) is 0.820. The van der Waals surface area contributed by atoms with E-state index in [1.165, 1.54) is 19.4 Å². The number of anilines is 1. The molecule has 3 fully saturated rings. The van der Waals surface area contributed by atoms with Crippen molar-refractivity contribution in [3.63, 3.8) is 0 Å². The number of halogens is 1. The Balaban J connectivity index is 1.56. The highest BCUT2D eigenvalue weighted by Crippen LogP contribution is 2.35. The minimum Gasteiger partial charge on any atom is -0.369 e. The summed E-state index contributed by atoms with van der Waals surface area (Å²) in [4.78, 5) is 5.24. The predicted molar refractivity (Wildman–Crippen MR) is 97.7 cm³/mol. The van der Waals surface area contributed by atoms with Crippen molar-refractivity contribution in [2.75, 3.05) is 31.1 Å². The van der Waals surface area contributed by atoms with E-state index in [0.717, 1.165) is 51.0 Å². The van der Waals surface area contributed by atoms with E-state index in [1.54, 1.807) is 6.07 Å². The standard InChI is InChI=1S/C18H25ClN2O2S/c19-17-12-14(21-11-10-20-9-3-4-15(20)13-21)7-8-18(17)24(22,23)16-5-1-2-6-16/h7-8,12,15-16H,1-6,9-11,13H2/t15-/m0/s1. The van der Waals surface area contributed by atoms with E-state index in [1.807, 2.05) is 12.1 Å². The Morgan fingerprint density at radius 1 is 1.00 bits per heavy atom. The van der Waals surface area contributed by atoms with Crippen LogP contribution >= 0.6 is 11.6 Å². The van der Waals surface area contributed by atoms with Crippen molar-refractivity contribution in [1.82, 2.24) is 4.90 Å². The summed E-state index contributed by atoms with van der Waals surface area (Å²) < 4.78 is 25.6. The summed E-state index contributed by atoms with van der Waals surface area (Å²) >= 11 is 6.41. The van der Waals surface area contributed by atoms with Crippen LogP contribution in [0.25, 0.3) is 0 Å². The third kappa shape index (κ3) is 2.95. The molecule has 1 aromatic carbocycles. The Labute approximate surface area is 149 Å². The Morgan fingerprint density at radius 2 is 1.79 bits per heavy atom. The summed E-state index contributed by atoms with van der Waals surface area (Å²) in [6.45, 7) is 4.31. The van der Waals surface area contributed by atoms with Crippen LogP contribution in [-0.2, 0) is 9.84 Å². The van der Waals surface area contributed by atoms with Crippen molar-refractivity contribution in [3.8, 4) is 0 Å². The normalized spacial score (nSPS) is 26.0. The van der Waals surface area contributed by atoms with Gasteiger partial charge in [0.25, 0.3) is 0 Å². The van der Waals surface area contributed by atoms with E-state index in [-0.39, 0.29) is 5.25 Å². The molecule has 1 aromatic rings. The maximum atomic E-state index is 12.8. The van der Waals surface area contributed by atoms with E-state index in [9.17, 15) is 8.42 Å². The summed E-state index contributed by atoms with van der Waals surface area (Å²) in [7, 11) is -3.29. The number of hydrogen-bond acceptors (Lipinski definition) is 4. The Hall–Kier alpha value is -0.780. The second kappa shape index (κ2) is 6.50. The third-order valence-electron chi connectivity index (χ3n) is 5.92. The molecule has 6 heteroatoms. The molecule has 2 heterocycles. The summed E-state index contributed by atoms with van der Waals surface area (Å²) in [6, 6.07) is 6.16. The maximum absolute atomic E-state index is 12.8. The van der Waals surface area contributed by atoms with E-state index in [4.69, 9.17) is 11.6 Å². The van der Waals surface area contributed by atoms with Crippen molar-refractivity contribution in [1.29, 1.82) is 0 Å². The third-order valence-corrected chi connectivity index (χ3v) is 8.66. The van der Waals surface area contributed by atoms with Crippen LogP contribution in [0.4, 0.5) is 5.69 Å². The molecule has 24 heavy (non-hydrogen) atoms. The molecule has 4 nitrogen and oxygen atoms in total. The monoisotopic (exact) mass is 368 g/mol. The van der Waals surface area contributed by atoms with E-state index >= 15 is 0 Å². The topological polar surface area (TPSA) is 40.6 Å². The SMILES string of the molecule is O=S(=O)(c1ccc(N2CCN3CCC[C@H]3C2)cc1Cl)C1CCCC1. The molecule has 0 unspecified atom stereocenters. The zero-order valence-electron chi connectivity index (χ0n) is 14.0. The molecule has 2 saturated heterocycles. The number of rotatable bonds is 3. The fraction of sp³-hybridized carbons (Fsp3) is 0.667. The highest BCUT2D eigenvalue weighted by molar-refractivity contribution is 7.92. The van der Waals surface area contributed by atoms with E-state index in [2.05, 4.69) is 9.80 Å². The molecule has 0 N–H and O–H groups in total. The smallest absolute Gasteiger partial charge is 0.182 e. The molecular formula is C18H25ClN2O2S. The number of hydrogen-bond donors (Lipinski definition) is 0. The van der Waals surface area contributed by atoms with Gasteiger partial charge in [-0.3, -0.25) is 4.90 Å². The molecule has 2 aliphatic heterocycles. The molecule has 0 spiro atoms. The number of sulfone groups is 1. The van der Waals surface area contributed by atoms with Gasteiger partial charge in [-0.25, -0.2) is 8.42 Å². The summed E-state index contributed by atoms with van der Waals surface area (Å²) in [5.74, 6) is 0. The minimum atomic E-state index is -3.29. The van der Waals surface area contributed by atoms with Crippen molar-refractivity contribution < 1.29 is 8.42 Å². The Bertz CT molecular complexity index is 716. The maximum Gasteiger partial charge on any atom is 0.182 e. The van der Waals surface area contributed by atoms with Gasteiger partial charge in [-0.05, 0) is 50.4 Å². The first-order chi connectivity index (χ1) is 11.6. The van der Waals surface area contributed by atoms with Crippen molar-refractivity contribution in [3.05, 3.63) is 23.2 Å². The molecule has 1 aliphatic carbocycles. The molecule has 0 aromatic heterocycles. The summed E-state index contributed by atoms with van der Waals surface area (Å²) in [5.41, 5.74) is 1.05. The van der Waals surface area contributed by atoms with Gasteiger partial charge in [0, 0.05) is 31.4 Å². The molecule has 3 aliphatic rings. The van der Waals surface area contributed by atoms with Crippen LogP contribution in [0.3, 0.4) is 0 Å². The second-order valence-corrected chi connectivity index (χ2v) is 9.95. The van der Waals surface area contributed by atoms with Gasteiger partial charge < -0.3 is 4.90 Å². The zero-order chi connectivity index (χ0) is 16.7. The van der Waals surface area contributed by atoms with Gasteiger partial charge in [0.05, 0.1) is 15.2 Å². The van der Waals surface area contributed by atoms with Gasteiger partial charge in [0.1, 0.15) is 0 Å². The van der Waals surface area contributed by atoms with Crippen LogP contribution < -0.4 is 4.90 Å². The average molecular weight is 369 g/mol. The van der Waals surface area contributed by atoms with Gasteiger partial charge in [0.2, 0.25) is 0 Å². The number of benzene rings is 1. The molecule has 0 radical (unpaired) electrons. The first-order valence-electron chi connectivity index (χ1n) is 9.08. The highest BCUT2D eigenvalue weighted by atomic mass is 35.5. The van der Waals surface area contributed by atoms with Gasteiger partial charge in [0.15, 0.2) is 9.84 Å². The van der Waals surface area contributed by atoms with E-state index < -0.39 is 9.84 Å². The summed E-state index contributed by atoms with van der Waals surface area (Å²) in [5, 5.41) is 0.135.